The first-order valence-corrected chi connectivity index (χ1v) is 6.05. The fourth-order valence-corrected chi connectivity index (χ4v) is 2.12. The number of benzene rings is 1. The van der Waals surface area contributed by atoms with Gasteiger partial charge in [0.25, 0.3) is 5.69 Å². The van der Waals surface area contributed by atoms with E-state index >= 15 is 0 Å². The Morgan fingerprint density at radius 3 is 2.60 bits per heavy atom. The Bertz CT molecular complexity index is 806. The molecule has 2 N–H and O–H groups in total. The third-order valence-corrected chi connectivity index (χ3v) is 3.17. The van der Waals surface area contributed by atoms with Crippen LogP contribution in [0, 0.1) is 17.0 Å². The molecule has 0 aliphatic carbocycles. The smallest absolute Gasteiger partial charge is 0.269 e. The number of aromatic nitrogens is 2. The zero-order valence-electron chi connectivity index (χ0n) is 10.8. The van der Waals surface area contributed by atoms with Crippen LogP contribution in [-0.4, -0.2) is 14.3 Å². The number of hydrogen-bond donors (Lipinski definition) is 1. The van der Waals surface area contributed by atoms with Crippen LogP contribution in [0.3, 0.4) is 0 Å². The van der Waals surface area contributed by atoms with Gasteiger partial charge >= 0.3 is 0 Å². The Kier molecular flexibility index (Phi) is 2.64. The largest absolute Gasteiger partial charge is 0.383 e. The topological polar surface area (TPSA) is 86.5 Å². The summed E-state index contributed by atoms with van der Waals surface area (Å²) in [4.78, 5) is 14.7. The summed E-state index contributed by atoms with van der Waals surface area (Å²) in [6, 6.07) is 10.1. The van der Waals surface area contributed by atoms with E-state index in [1.165, 1.54) is 12.1 Å². The lowest BCUT2D eigenvalue weighted by atomic mass is 10.1. The van der Waals surface area contributed by atoms with Gasteiger partial charge in [0.2, 0.25) is 0 Å². The molecule has 0 atom stereocenters. The van der Waals surface area contributed by atoms with Crippen molar-refractivity contribution >= 4 is 17.2 Å². The lowest BCUT2D eigenvalue weighted by Crippen LogP contribution is -1.94. The highest BCUT2D eigenvalue weighted by molar-refractivity contribution is 5.75. The first-order valence-electron chi connectivity index (χ1n) is 6.05. The number of non-ortho nitro benzene ring substituents is 1. The highest BCUT2D eigenvalue weighted by Gasteiger charge is 2.12. The second-order valence-electron chi connectivity index (χ2n) is 4.58. The zero-order chi connectivity index (χ0) is 14.3. The van der Waals surface area contributed by atoms with Gasteiger partial charge in [-0.1, -0.05) is 0 Å². The van der Waals surface area contributed by atoms with Crippen molar-refractivity contribution in [2.45, 2.75) is 6.92 Å². The normalized spacial score (nSPS) is 10.8. The van der Waals surface area contributed by atoms with Crippen molar-refractivity contribution in [3.05, 3.63) is 58.3 Å². The van der Waals surface area contributed by atoms with Gasteiger partial charge in [0, 0.05) is 23.9 Å². The van der Waals surface area contributed by atoms with E-state index in [-0.39, 0.29) is 5.69 Å². The van der Waals surface area contributed by atoms with Crippen LogP contribution < -0.4 is 5.73 Å². The number of rotatable bonds is 2. The van der Waals surface area contributed by atoms with Gasteiger partial charge in [-0.05, 0) is 36.8 Å². The van der Waals surface area contributed by atoms with E-state index in [1.54, 1.807) is 16.5 Å². The number of fused-ring (bicyclic) bond motifs is 1. The van der Waals surface area contributed by atoms with Crippen LogP contribution in [0.4, 0.5) is 11.5 Å². The standard InChI is InChI=1S/C14H12N4O2/c1-9-6-7-17-12(8-9)16-13(14(17)15)10-2-4-11(5-3-10)18(19)20/h2-8H,15H2,1H3. The summed E-state index contributed by atoms with van der Waals surface area (Å²) in [7, 11) is 0. The molecule has 2 aromatic heterocycles. The number of aryl methyl sites for hydroxylation is 1. The molecule has 0 aliphatic heterocycles. The minimum atomic E-state index is -0.430. The lowest BCUT2D eigenvalue weighted by molar-refractivity contribution is -0.384. The van der Waals surface area contributed by atoms with Crippen LogP contribution in [0.5, 0.6) is 0 Å². The molecule has 0 saturated heterocycles. The summed E-state index contributed by atoms with van der Waals surface area (Å²) in [5.74, 6) is 0.522. The van der Waals surface area contributed by atoms with Gasteiger partial charge < -0.3 is 5.73 Å². The van der Waals surface area contributed by atoms with E-state index < -0.39 is 4.92 Å². The van der Waals surface area contributed by atoms with Gasteiger partial charge in [-0.3, -0.25) is 14.5 Å². The summed E-state index contributed by atoms with van der Waals surface area (Å²) in [5.41, 5.74) is 9.38. The summed E-state index contributed by atoms with van der Waals surface area (Å²) >= 11 is 0. The monoisotopic (exact) mass is 268 g/mol. The Balaban J connectivity index is 2.14. The first kappa shape index (κ1) is 12.2. The average Bonchev–Trinajstić information content (AvgIpc) is 2.75. The first-order chi connectivity index (χ1) is 9.56. The molecule has 0 saturated carbocycles. The minimum Gasteiger partial charge on any atom is -0.383 e. The number of nitro benzene ring substituents is 1. The molecule has 100 valence electrons. The van der Waals surface area contributed by atoms with E-state index in [0.29, 0.717) is 11.5 Å². The van der Waals surface area contributed by atoms with Crippen LogP contribution >= 0.6 is 0 Å². The molecule has 0 fully saturated rings. The number of imidazole rings is 1. The molecule has 20 heavy (non-hydrogen) atoms. The SMILES string of the molecule is Cc1ccn2c(N)c(-c3ccc([N+](=O)[O-])cc3)nc2c1. The van der Waals surface area contributed by atoms with Gasteiger partial charge in [-0.15, -0.1) is 0 Å². The van der Waals surface area contributed by atoms with Crippen molar-refractivity contribution in [2.75, 3.05) is 5.73 Å². The number of nitrogen functional groups attached to an aromatic ring is 1. The number of nitrogens with zero attached hydrogens (tertiary/aromatic N) is 3. The summed E-state index contributed by atoms with van der Waals surface area (Å²) < 4.78 is 1.80. The Morgan fingerprint density at radius 1 is 1.25 bits per heavy atom. The maximum absolute atomic E-state index is 10.7. The fourth-order valence-electron chi connectivity index (χ4n) is 2.12. The van der Waals surface area contributed by atoms with Crippen LogP contribution in [-0.2, 0) is 0 Å². The number of pyridine rings is 1. The zero-order valence-corrected chi connectivity index (χ0v) is 10.8. The van der Waals surface area contributed by atoms with Crippen molar-refractivity contribution in [1.82, 2.24) is 9.38 Å². The molecular weight excluding hydrogens is 256 g/mol. The quantitative estimate of drug-likeness (QED) is 0.572. The number of hydrogen-bond acceptors (Lipinski definition) is 4. The van der Waals surface area contributed by atoms with E-state index in [4.69, 9.17) is 5.73 Å². The Hall–Kier alpha value is -2.89. The van der Waals surface area contributed by atoms with Gasteiger partial charge in [0.15, 0.2) is 0 Å². The molecule has 1 aromatic carbocycles. The molecule has 3 rings (SSSR count). The van der Waals surface area contributed by atoms with Crippen LogP contribution in [0.2, 0.25) is 0 Å². The lowest BCUT2D eigenvalue weighted by Gasteiger charge is -1.99. The van der Waals surface area contributed by atoms with E-state index in [0.717, 1.165) is 16.8 Å². The highest BCUT2D eigenvalue weighted by Crippen LogP contribution is 2.28. The molecule has 0 amide bonds. The number of anilines is 1. The summed E-state index contributed by atoms with van der Waals surface area (Å²) in [5, 5.41) is 10.7. The second kappa shape index (κ2) is 4.34. The summed E-state index contributed by atoms with van der Waals surface area (Å²) in [6.07, 6.45) is 1.86. The highest BCUT2D eigenvalue weighted by atomic mass is 16.6. The van der Waals surface area contributed by atoms with Gasteiger partial charge in [-0.25, -0.2) is 4.98 Å². The summed E-state index contributed by atoms with van der Waals surface area (Å²) in [6.45, 7) is 1.98. The third kappa shape index (κ3) is 1.87. The molecule has 0 bridgehead atoms. The maximum Gasteiger partial charge on any atom is 0.269 e. The van der Waals surface area contributed by atoms with Crippen molar-refractivity contribution in [2.24, 2.45) is 0 Å². The van der Waals surface area contributed by atoms with Crippen LogP contribution in [0.1, 0.15) is 5.56 Å². The molecular formula is C14H12N4O2. The molecule has 6 heteroatoms. The van der Waals surface area contributed by atoms with Crippen LogP contribution in [0.25, 0.3) is 16.9 Å². The van der Waals surface area contributed by atoms with Gasteiger partial charge in [-0.2, -0.15) is 0 Å². The maximum atomic E-state index is 10.7. The van der Waals surface area contributed by atoms with E-state index in [2.05, 4.69) is 4.98 Å². The molecule has 0 spiro atoms. The fraction of sp³-hybridized carbons (Fsp3) is 0.0714. The van der Waals surface area contributed by atoms with Crippen LogP contribution in [0.15, 0.2) is 42.6 Å². The van der Waals surface area contributed by atoms with E-state index in [1.807, 2.05) is 25.3 Å². The Morgan fingerprint density at radius 2 is 1.95 bits per heavy atom. The van der Waals surface area contributed by atoms with Crippen molar-refractivity contribution in [1.29, 1.82) is 0 Å². The molecule has 6 nitrogen and oxygen atoms in total. The third-order valence-electron chi connectivity index (χ3n) is 3.17. The van der Waals surface area contributed by atoms with E-state index in [9.17, 15) is 10.1 Å². The van der Waals surface area contributed by atoms with Crippen molar-refractivity contribution in [3.8, 4) is 11.3 Å². The Labute approximate surface area is 114 Å². The predicted molar refractivity (Wildman–Crippen MR) is 76.4 cm³/mol. The van der Waals surface area contributed by atoms with Gasteiger partial charge in [0.1, 0.15) is 17.2 Å². The molecule has 0 aliphatic rings. The van der Waals surface area contributed by atoms with Gasteiger partial charge in [0.05, 0.1) is 4.92 Å². The van der Waals surface area contributed by atoms with Crippen molar-refractivity contribution < 1.29 is 4.92 Å². The molecule has 0 radical (unpaired) electrons. The molecule has 2 heterocycles. The number of nitrogens with two attached hydrogens (primary N) is 1. The van der Waals surface area contributed by atoms with Crippen molar-refractivity contribution in [3.63, 3.8) is 0 Å². The minimum absolute atomic E-state index is 0.0481. The number of nitro groups is 1. The predicted octanol–water partition coefficient (Wildman–Crippen LogP) is 2.80. The second-order valence-corrected chi connectivity index (χ2v) is 4.58. The molecule has 0 unspecified atom stereocenters. The average molecular weight is 268 g/mol. The molecule has 3 aromatic rings.